The number of fused-ring (bicyclic) bond motifs is 1. The van der Waals surface area contributed by atoms with Crippen molar-refractivity contribution in [1.82, 2.24) is 5.32 Å². The third-order valence-corrected chi connectivity index (χ3v) is 3.60. The summed E-state index contributed by atoms with van der Waals surface area (Å²) in [6, 6.07) is 17.6. The molecular weight excluding hydrogens is 274 g/mol. The Balaban J connectivity index is 1.48. The van der Waals surface area contributed by atoms with Gasteiger partial charge >= 0.3 is 0 Å². The molecule has 1 amide bonds. The molecule has 3 aromatic rings. The molecule has 0 saturated heterocycles. The first-order chi connectivity index (χ1) is 10.8. The Morgan fingerprint density at radius 3 is 2.77 bits per heavy atom. The maximum atomic E-state index is 12.2. The summed E-state index contributed by atoms with van der Waals surface area (Å²) in [5.74, 6) is -0.0555. The summed E-state index contributed by atoms with van der Waals surface area (Å²) in [6.07, 6.45) is 5.57. The highest BCUT2D eigenvalue weighted by Crippen LogP contribution is 2.19. The van der Waals surface area contributed by atoms with Gasteiger partial charge in [-0.3, -0.25) is 4.79 Å². The van der Waals surface area contributed by atoms with Crippen molar-refractivity contribution in [1.29, 1.82) is 0 Å². The Bertz CT molecular complexity index is 746. The number of hydrogen-bond donors (Lipinski definition) is 1. The summed E-state index contributed by atoms with van der Waals surface area (Å²) >= 11 is 0. The summed E-state index contributed by atoms with van der Waals surface area (Å²) in [6.45, 7) is 0.639. The Kier molecular flexibility index (Phi) is 4.54. The van der Waals surface area contributed by atoms with Crippen LogP contribution in [-0.2, 0) is 6.42 Å². The van der Waals surface area contributed by atoms with Crippen LogP contribution in [0.1, 0.15) is 22.3 Å². The van der Waals surface area contributed by atoms with Crippen LogP contribution in [0.3, 0.4) is 0 Å². The first-order valence-corrected chi connectivity index (χ1v) is 7.44. The zero-order chi connectivity index (χ0) is 15.2. The SMILES string of the molecule is O=C(NCC[CH]Cc1ccccc1)c1cccc2occc12. The third-order valence-electron chi connectivity index (χ3n) is 3.60. The predicted molar refractivity (Wildman–Crippen MR) is 87.6 cm³/mol. The molecule has 1 aromatic heterocycles. The van der Waals surface area contributed by atoms with Gasteiger partial charge in [0, 0.05) is 11.9 Å². The van der Waals surface area contributed by atoms with E-state index in [4.69, 9.17) is 4.42 Å². The molecule has 0 unspecified atom stereocenters. The lowest BCUT2D eigenvalue weighted by Gasteiger charge is -2.06. The molecule has 0 aliphatic rings. The summed E-state index contributed by atoms with van der Waals surface area (Å²) in [5, 5.41) is 3.81. The largest absolute Gasteiger partial charge is 0.464 e. The van der Waals surface area contributed by atoms with Crippen LogP contribution in [0.15, 0.2) is 65.3 Å². The standard InChI is InChI=1S/C19H18NO2/c21-19(17-10-6-11-18-16(17)12-14-22-18)20-13-5-4-9-15-7-2-1-3-8-15/h1-4,6-8,10-12,14H,5,9,13H2,(H,20,21). The average molecular weight is 292 g/mol. The van der Waals surface area contributed by atoms with Gasteiger partial charge in [0.1, 0.15) is 5.58 Å². The quantitative estimate of drug-likeness (QED) is 0.698. The van der Waals surface area contributed by atoms with E-state index >= 15 is 0 Å². The van der Waals surface area contributed by atoms with Crippen molar-refractivity contribution in [2.75, 3.05) is 6.54 Å². The molecule has 3 nitrogen and oxygen atoms in total. The minimum absolute atomic E-state index is 0.0555. The van der Waals surface area contributed by atoms with Crippen LogP contribution in [0, 0.1) is 6.42 Å². The van der Waals surface area contributed by atoms with Gasteiger partial charge in [0.05, 0.1) is 11.8 Å². The zero-order valence-corrected chi connectivity index (χ0v) is 12.3. The number of rotatable bonds is 6. The fourth-order valence-corrected chi connectivity index (χ4v) is 2.46. The fourth-order valence-electron chi connectivity index (χ4n) is 2.46. The topological polar surface area (TPSA) is 42.2 Å². The van der Waals surface area contributed by atoms with Crippen molar-refractivity contribution >= 4 is 16.9 Å². The van der Waals surface area contributed by atoms with Crippen molar-refractivity contribution in [2.45, 2.75) is 12.8 Å². The minimum Gasteiger partial charge on any atom is -0.464 e. The van der Waals surface area contributed by atoms with E-state index in [0.29, 0.717) is 12.1 Å². The van der Waals surface area contributed by atoms with Gasteiger partial charge in [0.15, 0.2) is 0 Å². The van der Waals surface area contributed by atoms with E-state index in [1.54, 1.807) is 6.26 Å². The van der Waals surface area contributed by atoms with Crippen LogP contribution in [0.4, 0.5) is 0 Å². The molecule has 3 rings (SSSR count). The zero-order valence-electron chi connectivity index (χ0n) is 12.3. The summed E-state index contributed by atoms with van der Waals surface area (Å²) in [5.41, 5.74) is 2.69. The van der Waals surface area contributed by atoms with Gasteiger partial charge in [-0.15, -0.1) is 0 Å². The molecule has 0 saturated carbocycles. The van der Waals surface area contributed by atoms with Crippen LogP contribution in [0.5, 0.6) is 0 Å². The molecule has 0 fully saturated rings. The van der Waals surface area contributed by atoms with E-state index in [1.165, 1.54) is 5.56 Å². The van der Waals surface area contributed by atoms with E-state index in [9.17, 15) is 4.79 Å². The van der Waals surface area contributed by atoms with Crippen LogP contribution in [0.25, 0.3) is 11.0 Å². The maximum absolute atomic E-state index is 12.2. The molecule has 111 valence electrons. The van der Waals surface area contributed by atoms with Crippen molar-refractivity contribution in [2.24, 2.45) is 0 Å². The van der Waals surface area contributed by atoms with Gasteiger partial charge in [-0.25, -0.2) is 0 Å². The van der Waals surface area contributed by atoms with E-state index in [0.717, 1.165) is 23.8 Å². The molecule has 0 aliphatic heterocycles. The number of carbonyl (C=O) groups excluding carboxylic acids is 1. The molecule has 1 N–H and O–H groups in total. The average Bonchev–Trinajstić information content (AvgIpc) is 3.04. The van der Waals surface area contributed by atoms with Gasteiger partial charge < -0.3 is 9.73 Å². The Morgan fingerprint density at radius 2 is 1.91 bits per heavy atom. The third kappa shape index (κ3) is 3.37. The van der Waals surface area contributed by atoms with Crippen molar-refractivity contribution < 1.29 is 9.21 Å². The first-order valence-electron chi connectivity index (χ1n) is 7.44. The number of carbonyl (C=O) groups is 1. The fraction of sp³-hybridized carbons (Fsp3) is 0.158. The maximum Gasteiger partial charge on any atom is 0.252 e. The molecule has 1 heterocycles. The second-order valence-corrected chi connectivity index (χ2v) is 5.16. The van der Waals surface area contributed by atoms with Crippen molar-refractivity contribution in [3.8, 4) is 0 Å². The summed E-state index contributed by atoms with van der Waals surface area (Å²) in [7, 11) is 0. The molecule has 0 bridgehead atoms. The van der Waals surface area contributed by atoms with Crippen LogP contribution in [0.2, 0.25) is 0 Å². The second-order valence-electron chi connectivity index (χ2n) is 5.16. The highest BCUT2D eigenvalue weighted by atomic mass is 16.3. The van der Waals surface area contributed by atoms with E-state index in [2.05, 4.69) is 23.9 Å². The number of nitrogens with one attached hydrogen (secondary N) is 1. The lowest BCUT2D eigenvalue weighted by Crippen LogP contribution is -2.24. The molecule has 2 aromatic carbocycles. The molecule has 22 heavy (non-hydrogen) atoms. The van der Waals surface area contributed by atoms with Gasteiger partial charge in [0.25, 0.3) is 5.91 Å². The van der Waals surface area contributed by atoms with Gasteiger partial charge in [-0.05, 0) is 43.0 Å². The minimum atomic E-state index is -0.0555. The molecule has 1 radical (unpaired) electrons. The number of benzene rings is 2. The van der Waals surface area contributed by atoms with E-state index in [-0.39, 0.29) is 5.91 Å². The van der Waals surface area contributed by atoms with Crippen molar-refractivity contribution in [3.05, 3.63) is 78.4 Å². The predicted octanol–water partition coefficient (Wildman–Crippen LogP) is 4.00. The van der Waals surface area contributed by atoms with Crippen LogP contribution >= 0.6 is 0 Å². The highest BCUT2D eigenvalue weighted by Gasteiger charge is 2.10. The summed E-state index contributed by atoms with van der Waals surface area (Å²) < 4.78 is 5.31. The van der Waals surface area contributed by atoms with E-state index < -0.39 is 0 Å². The van der Waals surface area contributed by atoms with Crippen LogP contribution in [-0.4, -0.2) is 12.5 Å². The van der Waals surface area contributed by atoms with Gasteiger partial charge in [-0.1, -0.05) is 36.4 Å². The Morgan fingerprint density at radius 1 is 1.05 bits per heavy atom. The molecule has 0 aliphatic carbocycles. The van der Waals surface area contributed by atoms with Gasteiger partial charge in [0.2, 0.25) is 0 Å². The summed E-state index contributed by atoms with van der Waals surface area (Å²) in [4.78, 5) is 12.2. The molecule has 3 heteroatoms. The monoisotopic (exact) mass is 292 g/mol. The second kappa shape index (κ2) is 6.94. The lowest BCUT2D eigenvalue weighted by molar-refractivity contribution is 0.0955. The Hall–Kier alpha value is -2.55. The van der Waals surface area contributed by atoms with Gasteiger partial charge in [-0.2, -0.15) is 0 Å². The highest BCUT2D eigenvalue weighted by molar-refractivity contribution is 6.05. The number of furan rings is 1. The first kappa shape index (κ1) is 14.4. The smallest absolute Gasteiger partial charge is 0.252 e. The lowest BCUT2D eigenvalue weighted by atomic mass is 10.1. The number of hydrogen-bond acceptors (Lipinski definition) is 2. The molecular formula is C19H18NO2. The normalized spacial score (nSPS) is 10.7. The van der Waals surface area contributed by atoms with Crippen molar-refractivity contribution in [3.63, 3.8) is 0 Å². The number of unbranched alkanes of at least 4 members (excludes halogenated alkanes) is 1. The van der Waals surface area contributed by atoms with E-state index in [1.807, 2.05) is 42.5 Å². The molecule has 0 atom stereocenters. The number of amides is 1. The Labute approximate surface area is 130 Å². The van der Waals surface area contributed by atoms with Crippen LogP contribution < -0.4 is 5.32 Å². The molecule has 0 spiro atoms.